The minimum absolute atomic E-state index is 0.0239. The van der Waals surface area contributed by atoms with E-state index in [-0.39, 0.29) is 24.0 Å². The predicted octanol–water partition coefficient (Wildman–Crippen LogP) is 0.714. The van der Waals surface area contributed by atoms with Crippen LogP contribution in [0, 0.1) is 22.7 Å². The van der Waals surface area contributed by atoms with Crippen molar-refractivity contribution < 1.29 is 24.6 Å². The molecule has 32 heavy (non-hydrogen) atoms. The van der Waals surface area contributed by atoms with E-state index in [0.29, 0.717) is 30.1 Å². The molecule has 1 aliphatic heterocycles. The van der Waals surface area contributed by atoms with Crippen molar-refractivity contribution in [2.75, 3.05) is 25.0 Å². The number of aromatic nitrogens is 1. The molecule has 0 unspecified atom stereocenters. The lowest BCUT2D eigenvalue weighted by Gasteiger charge is -2.22. The summed E-state index contributed by atoms with van der Waals surface area (Å²) in [7, 11) is 0. The number of nitriles is 2. The lowest BCUT2D eigenvalue weighted by atomic mass is 10.2. The van der Waals surface area contributed by atoms with Gasteiger partial charge in [-0.25, -0.2) is 14.6 Å². The summed E-state index contributed by atoms with van der Waals surface area (Å²) >= 11 is 0. The Morgan fingerprint density at radius 3 is 2.41 bits per heavy atom. The maximum absolute atomic E-state index is 12.3. The number of nitrogens with zero attached hydrogens (tertiary/aromatic N) is 4. The minimum atomic E-state index is -1.26. The molecule has 2 aliphatic rings. The monoisotopic (exact) mass is 440 g/mol. The van der Waals surface area contributed by atoms with E-state index < -0.39 is 11.9 Å². The Hall–Kier alpha value is -3.96. The van der Waals surface area contributed by atoms with Crippen LogP contribution in [0.2, 0.25) is 0 Å². The number of hydrogen-bond acceptors (Lipinski definition) is 8. The Morgan fingerprint density at radius 1 is 1.22 bits per heavy atom. The molecular weight excluding hydrogens is 416 g/mol. The van der Waals surface area contributed by atoms with Crippen molar-refractivity contribution >= 4 is 23.7 Å². The van der Waals surface area contributed by atoms with Crippen LogP contribution in [0.3, 0.4) is 0 Å². The fourth-order valence-electron chi connectivity index (χ4n) is 3.15. The van der Waals surface area contributed by atoms with Gasteiger partial charge in [0.2, 0.25) is 5.91 Å². The van der Waals surface area contributed by atoms with Crippen LogP contribution >= 0.6 is 0 Å². The van der Waals surface area contributed by atoms with Crippen molar-refractivity contribution in [3.8, 4) is 12.1 Å². The predicted molar refractivity (Wildman–Crippen MR) is 112 cm³/mol. The normalized spacial score (nSPS) is 18.5. The van der Waals surface area contributed by atoms with Crippen LogP contribution in [0.25, 0.3) is 0 Å². The van der Waals surface area contributed by atoms with Gasteiger partial charge in [0.25, 0.3) is 0 Å². The third-order valence-corrected chi connectivity index (χ3v) is 4.99. The molecule has 3 rings (SSSR count). The number of carboxylic acids is 2. The number of anilines is 1. The molecule has 1 atom stereocenters. The molecule has 11 heteroatoms. The first-order valence-electron chi connectivity index (χ1n) is 9.95. The van der Waals surface area contributed by atoms with Gasteiger partial charge in [0, 0.05) is 31.4 Å². The number of nitrogens with one attached hydrogen (secondary N) is 2. The molecule has 1 saturated heterocycles. The summed E-state index contributed by atoms with van der Waals surface area (Å²) in [6, 6.07) is 7.63. The fourth-order valence-corrected chi connectivity index (χ4v) is 3.15. The molecule has 0 spiro atoms. The van der Waals surface area contributed by atoms with Crippen molar-refractivity contribution in [1.82, 2.24) is 15.2 Å². The van der Waals surface area contributed by atoms with Gasteiger partial charge in [-0.1, -0.05) is 0 Å². The van der Waals surface area contributed by atoms with Crippen LogP contribution in [0.4, 0.5) is 5.82 Å². The zero-order valence-electron chi connectivity index (χ0n) is 17.3. The van der Waals surface area contributed by atoms with E-state index in [0.717, 1.165) is 32.2 Å². The molecule has 11 nitrogen and oxygen atoms in total. The second kappa shape index (κ2) is 11.4. The molecule has 1 aromatic rings. The number of hydrogen-bond donors (Lipinski definition) is 4. The first-order valence-corrected chi connectivity index (χ1v) is 9.95. The van der Waals surface area contributed by atoms with E-state index in [2.05, 4.69) is 21.7 Å². The molecule has 0 bridgehead atoms. The van der Waals surface area contributed by atoms with Crippen molar-refractivity contribution in [2.24, 2.45) is 0 Å². The van der Waals surface area contributed by atoms with Gasteiger partial charge in [0.05, 0.1) is 29.8 Å². The highest BCUT2D eigenvalue weighted by atomic mass is 16.4. The van der Waals surface area contributed by atoms with Crippen LogP contribution in [-0.4, -0.2) is 69.2 Å². The van der Waals surface area contributed by atoms with Crippen molar-refractivity contribution in [3.05, 3.63) is 36.0 Å². The highest BCUT2D eigenvalue weighted by Crippen LogP contribution is 2.35. The van der Waals surface area contributed by atoms with Gasteiger partial charge in [-0.05, 0) is 37.8 Å². The maximum atomic E-state index is 12.3. The van der Waals surface area contributed by atoms with Gasteiger partial charge in [-0.2, -0.15) is 10.5 Å². The quantitative estimate of drug-likeness (QED) is 0.421. The molecule has 1 aliphatic carbocycles. The van der Waals surface area contributed by atoms with Gasteiger partial charge < -0.3 is 20.8 Å². The zero-order valence-corrected chi connectivity index (χ0v) is 17.3. The van der Waals surface area contributed by atoms with E-state index in [4.69, 9.17) is 20.7 Å². The molecule has 1 saturated carbocycles. The molecule has 0 radical (unpaired) electrons. The van der Waals surface area contributed by atoms with E-state index in [9.17, 15) is 14.4 Å². The standard InChI is InChI=1S/C17H20N6O.C4H4O4/c18-8-13-3-4-15(20-10-13)21-12-17(5-6-17)22-16(24)11-23-7-1-2-14(23)9-19;5-3(6)1-2-4(7)8/h3-4,10,14H,1-2,5-7,11-12H2,(H,20,21)(H,22,24);1-2H,(H,5,6)(H,7,8)/b;2-1+/t14-;/m0./s1. The Bertz CT molecular complexity index is 927. The highest BCUT2D eigenvalue weighted by molar-refractivity contribution is 5.89. The number of carbonyl (C=O) groups excluding carboxylic acids is 1. The minimum Gasteiger partial charge on any atom is -0.478 e. The van der Waals surface area contributed by atoms with Crippen molar-refractivity contribution in [2.45, 2.75) is 37.3 Å². The number of pyridine rings is 1. The average Bonchev–Trinajstić information content (AvgIpc) is 3.38. The van der Waals surface area contributed by atoms with Crippen molar-refractivity contribution in [3.63, 3.8) is 0 Å². The van der Waals surface area contributed by atoms with Gasteiger partial charge in [-0.15, -0.1) is 0 Å². The maximum Gasteiger partial charge on any atom is 0.328 e. The summed E-state index contributed by atoms with van der Waals surface area (Å²) in [6.45, 7) is 1.71. The Labute approximate surface area is 185 Å². The van der Waals surface area contributed by atoms with E-state index >= 15 is 0 Å². The fraction of sp³-hybridized carbons (Fsp3) is 0.429. The topological polar surface area (TPSA) is 179 Å². The number of likely N-dealkylation sites (tertiary alicyclic amines) is 1. The highest BCUT2D eigenvalue weighted by Gasteiger charge is 2.44. The second-order valence-electron chi connectivity index (χ2n) is 7.49. The smallest absolute Gasteiger partial charge is 0.328 e. The molecule has 4 N–H and O–H groups in total. The first kappa shape index (κ1) is 24.3. The summed E-state index contributed by atoms with van der Waals surface area (Å²) in [4.78, 5) is 37.5. The average molecular weight is 440 g/mol. The third kappa shape index (κ3) is 8.05. The van der Waals surface area contributed by atoms with E-state index in [1.807, 2.05) is 11.0 Å². The number of carboxylic acid groups (broad SMARTS) is 2. The zero-order chi connectivity index (χ0) is 23.6. The second-order valence-corrected chi connectivity index (χ2v) is 7.49. The summed E-state index contributed by atoms with van der Waals surface area (Å²) in [6.07, 6.45) is 6.33. The molecule has 0 aromatic carbocycles. The van der Waals surface area contributed by atoms with Gasteiger partial charge in [0.15, 0.2) is 0 Å². The van der Waals surface area contributed by atoms with Gasteiger partial charge in [-0.3, -0.25) is 9.69 Å². The number of amides is 1. The van der Waals surface area contributed by atoms with Gasteiger partial charge >= 0.3 is 11.9 Å². The Kier molecular flexibility index (Phi) is 8.69. The van der Waals surface area contributed by atoms with Crippen LogP contribution in [0.5, 0.6) is 0 Å². The molecule has 2 fully saturated rings. The SMILES string of the molecule is N#Cc1ccc(NCC2(NC(=O)CN3CCC[C@H]3C#N)CC2)nc1.O=C(O)/C=C/C(=O)O. The molecule has 2 heterocycles. The number of aliphatic carboxylic acids is 2. The number of carbonyl (C=O) groups is 3. The summed E-state index contributed by atoms with van der Waals surface area (Å²) in [5.41, 5.74) is 0.307. The molecule has 168 valence electrons. The van der Waals surface area contributed by atoms with Crippen LogP contribution in [-0.2, 0) is 14.4 Å². The van der Waals surface area contributed by atoms with Crippen molar-refractivity contribution in [1.29, 1.82) is 10.5 Å². The molecule has 1 aromatic heterocycles. The van der Waals surface area contributed by atoms with E-state index in [1.54, 1.807) is 12.1 Å². The third-order valence-electron chi connectivity index (χ3n) is 4.99. The van der Waals surface area contributed by atoms with Crippen LogP contribution in [0.1, 0.15) is 31.2 Å². The Balaban J connectivity index is 0.000000390. The van der Waals surface area contributed by atoms with Crippen LogP contribution < -0.4 is 10.6 Å². The van der Waals surface area contributed by atoms with Crippen LogP contribution in [0.15, 0.2) is 30.5 Å². The van der Waals surface area contributed by atoms with E-state index in [1.165, 1.54) is 6.20 Å². The summed E-state index contributed by atoms with van der Waals surface area (Å²) in [5, 5.41) is 39.8. The molecular formula is C21H24N6O5. The lowest BCUT2D eigenvalue weighted by Crippen LogP contribution is -2.47. The summed E-state index contributed by atoms with van der Waals surface area (Å²) in [5.74, 6) is -1.84. The summed E-state index contributed by atoms with van der Waals surface area (Å²) < 4.78 is 0. The largest absolute Gasteiger partial charge is 0.478 e. The molecule has 1 amide bonds. The lowest BCUT2D eigenvalue weighted by molar-refractivity contribution is -0.134. The Morgan fingerprint density at radius 2 is 1.91 bits per heavy atom. The van der Waals surface area contributed by atoms with Gasteiger partial charge in [0.1, 0.15) is 11.9 Å². The first-order chi connectivity index (χ1) is 15.3. The number of rotatable bonds is 8.